The van der Waals surface area contributed by atoms with Crippen molar-refractivity contribution in [3.8, 4) is 0 Å². The van der Waals surface area contributed by atoms with Crippen LogP contribution >= 0.6 is 0 Å². The second-order valence-corrected chi connectivity index (χ2v) is 5.17. The number of nitrogens with zero attached hydrogens (tertiary/aromatic N) is 1. The number of pyridine rings is 1. The largest absolute Gasteiger partial charge is 0.326 e. The molecule has 5 nitrogen and oxygen atoms in total. The monoisotopic (exact) mass is 298 g/mol. The third kappa shape index (κ3) is 5.01. The molecule has 0 saturated heterocycles. The number of benzene rings is 1. The van der Waals surface area contributed by atoms with E-state index in [0.29, 0.717) is 24.3 Å². The fourth-order valence-corrected chi connectivity index (χ4v) is 1.98. The maximum Gasteiger partial charge on any atom is 0.230 e. The number of hydrogen-bond acceptors (Lipinski definition) is 2. The number of aryl methyl sites for hydroxylation is 2. The molecule has 0 aliphatic carbocycles. The molecule has 114 valence electrons. The van der Waals surface area contributed by atoms with Gasteiger partial charge in [0.25, 0.3) is 0 Å². The van der Waals surface area contributed by atoms with E-state index in [1.165, 1.54) is 12.5 Å². The van der Waals surface area contributed by atoms with Gasteiger partial charge in [-0.2, -0.15) is 0 Å². The van der Waals surface area contributed by atoms with Gasteiger partial charge in [-0.25, -0.2) is 4.57 Å². The summed E-state index contributed by atoms with van der Waals surface area (Å²) in [5.74, 6) is -0.160. The molecule has 0 atom stereocenters. The van der Waals surface area contributed by atoms with Gasteiger partial charge in [-0.05, 0) is 36.8 Å². The summed E-state index contributed by atoms with van der Waals surface area (Å²) in [7, 11) is 0. The molecule has 2 rings (SSSR count). The Kier molecular flexibility index (Phi) is 5.25. The van der Waals surface area contributed by atoms with Gasteiger partial charge in [0.2, 0.25) is 11.8 Å². The van der Waals surface area contributed by atoms with E-state index in [0.717, 1.165) is 0 Å². The van der Waals surface area contributed by atoms with Gasteiger partial charge in [0.15, 0.2) is 18.9 Å². The molecule has 5 heteroatoms. The Morgan fingerprint density at radius 3 is 2.05 bits per heavy atom. The normalized spacial score (nSPS) is 10.1. The van der Waals surface area contributed by atoms with E-state index in [4.69, 9.17) is 0 Å². The number of amides is 2. The fourth-order valence-electron chi connectivity index (χ4n) is 1.98. The van der Waals surface area contributed by atoms with Gasteiger partial charge in [0.1, 0.15) is 0 Å². The molecule has 0 fully saturated rings. The van der Waals surface area contributed by atoms with Gasteiger partial charge in [-0.1, -0.05) is 0 Å². The summed E-state index contributed by atoms with van der Waals surface area (Å²) in [6, 6.07) is 11.1. The summed E-state index contributed by atoms with van der Waals surface area (Å²) >= 11 is 0. The van der Waals surface area contributed by atoms with Crippen LogP contribution in [0.25, 0.3) is 0 Å². The summed E-state index contributed by atoms with van der Waals surface area (Å²) < 4.78 is 1.98. The average Bonchev–Trinajstić information content (AvgIpc) is 2.48. The first kappa shape index (κ1) is 15.7. The fraction of sp³-hybridized carbons (Fsp3) is 0.235. The van der Waals surface area contributed by atoms with Crippen LogP contribution in [0.4, 0.5) is 11.4 Å². The van der Waals surface area contributed by atoms with Crippen LogP contribution in [-0.2, 0) is 16.1 Å². The number of aromatic nitrogens is 1. The van der Waals surface area contributed by atoms with Gasteiger partial charge in [0.05, 0.1) is 6.42 Å². The smallest absolute Gasteiger partial charge is 0.230 e. The molecule has 2 amide bonds. The predicted molar refractivity (Wildman–Crippen MR) is 85.4 cm³/mol. The van der Waals surface area contributed by atoms with Gasteiger partial charge in [-0.3, -0.25) is 9.59 Å². The molecule has 2 N–H and O–H groups in total. The first-order valence-electron chi connectivity index (χ1n) is 7.16. The second kappa shape index (κ2) is 7.36. The van der Waals surface area contributed by atoms with E-state index in [9.17, 15) is 9.59 Å². The van der Waals surface area contributed by atoms with E-state index < -0.39 is 0 Å². The molecule has 22 heavy (non-hydrogen) atoms. The van der Waals surface area contributed by atoms with Crippen LogP contribution in [0.2, 0.25) is 0 Å². The lowest BCUT2D eigenvalue weighted by atomic mass is 10.2. The van der Waals surface area contributed by atoms with Crippen LogP contribution in [-0.4, -0.2) is 11.8 Å². The summed E-state index contributed by atoms with van der Waals surface area (Å²) in [5.41, 5.74) is 2.62. The molecule has 0 radical (unpaired) electrons. The highest BCUT2D eigenvalue weighted by molar-refractivity contribution is 5.92. The predicted octanol–water partition coefficient (Wildman–Crippen LogP) is 2.27. The van der Waals surface area contributed by atoms with Crippen LogP contribution in [0.3, 0.4) is 0 Å². The number of hydrogen-bond donors (Lipinski definition) is 2. The second-order valence-electron chi connectivity index (χ2n) is 5.17. The van der Waals surface area contributed by atoms with Crippen LogP contribution in [0.15, 0.2) is 48.8 Å². The first-order valence-corrected chi connectivity index (χ1v) is 7.16. The van der Waals surface area contributed by atoms with Crippen molar-refractivity contribution in [2.45, 2.75) is 26.8 Å². The van der Waals surface area contributed by atoms with E-state index in [1.807, 2.05) is 36.0 Å². The lowest BCUT2D eigenvalue weighted by molar-refractivity contribution is -0.695. The van der Waals surface area contributed by atoms with Crippen molar-refractivity contribution in [1.82, 2.24) is 0 Å². The molecule has 0 unspecified atom stereocenters. The zero-order valence-electron chi connectivity index (χ0n) is 12.8. The van der Waals surface area contributed by atoms with Crippen molar-refractivity contribution in [2.75, 3.05) is 10.6 Å². The molecule has 0 spiro atoms. The van der Waals surface area contributed by atoms with Crippen molar-refractivity contribution >= 4 is 23.2 Å². The highest BCUT2D eigenvalue weighted by atomic mass is 16.2. The molecule has 0 bridgehead atoms. The lowest BCUT2D eigenvalue weighted by Gasteiger charge is -2.06. The molecular weight excluding hydrogens is 278 g/mol. The summed E-state index contributed by atoms with van der Waals surface area (Å²) in [5, 5.41) is 5.52. The molecular formula is C17H20N3O2+. The topological polar surface area (TPSA) is 62.1 Å². The maximum absolute atomic E-state index is 11.9. The van der Waals surface area contributed by atoms with Gasteiger partial charge >= 0.3 is 0 Å². The SMILES string of the molecule is CC(=O)Nc1ccc(NC(=O)CC[n+]2ccc(C)cc2)cc1. The lowest BCUT2D eigenvalue weighted by Crippen LogP contribution is -2.34. The molecule has 1 aromatic carbocycles. The van der Waals surface area contributed by atoms with Crippen molar-refractivity contribution in [1.29, 1.82) is 0 Å². The number of rotatable bonds is 5. The average molecular weight is 298 g/mol. The Hall–Kier alpha value is -2.69. The van der Waals surface area contributed by atoms with Crippen LogP contribution in [0.5, 0.6) is 0 Å². The minimum absolute atomic E-state index is 0.0413. The quantitative estimate of drug-likeness (QED) is 0.832. The molecule has 0 aliphatic rings. The standard InChI is InChI=1S/C17H19N3O2/c1-13-7-10-20(11-8-13)12-9-17(22)19-16-5-3-15(4-6-16)18-14(2)21/h3-8,10-11H,9,12H2,1-2H3,(H-,18,19,21,22)/p+1. The number of anilines is 2. The van der Waals surface area contributed by atoms with Crippen molar-refractivity contribution < 1.29 is 14.2 Å². The van der Waals surface area contributed by atoms with Crippen molar-refractivity contribution in [3.05, 3.63) is 54.4 Å². The van der Waals surface area contributed by atoms with Gasteiger partial charge in [0, 0.05) is 30.4 Å². The highest BCUT2D eigenvalue weighted by Gasteiger charge is 2.07. The molecule has 0 saturated carbocycles. The van der Waals surface area contributed by atoms with E-state index in [1.54, 1.807) is 24.3 Å². The summed E-state index contributed by atoms with van der Waals surface area (Å²) in [6.07, 6.45) is 4.33. The Morgan fingerprint density at radius 1 is 0.955 bits per heavy atom. The number of nitrogens with one attached hydrogen (secondary N) is 2. The third-order valence-corrected chi connectivity index (χ3v) is 3.14. The Bertz CT molecular complexity index is 649. The highest BCUT2D eigenvalue weighted by Crippen LogP contribution is 2.13. The minimum atomic E-state index is -0.119. The maximum atomic E-state index is 11.9. The van der Waals surface area contributed by atoms with E-state index in [-0.39, 0.29) is 11.8 Å². The van der Waals surface area contributed by atoms with Crippen LogP contribution in [0.1, 0.15) is 18.9 Å². The Balaban J connectivity index is 1.83. The molecule has 1 heterocycles. The zero-order chi connectivity index (χ0) is 15.9. The van der Waals surface area contributed by atoms with Crippen molar-refractivity contribution in [3.63, 3.8) is 0 Å². The van der Waals surface area contributed by atoms with E-state index in [2.05, 4.69) is 10.6 Å². The Labute approximate surface area is 130 Å². The van der Waals surface area contributed by atoms with E-state index >= 15 is 0 Å². The first-order chi connectivity index (χ1) is 10.5. The van der Waals surface area contributed by atoms with Crippen LogP contribution < -0.4 is 15.2 Å². The van der Waals surface area contributed by atoms with Crippen molar-refractivity contribution in [2.24, 2.45) is 0 Å². The zero-order valence-corrected chi connectivity index (χ0v) is 12.8. The molecule has 2 aromatic rings. The number of carbonyl (C=O) groups excluding carboxylic acids is 2. The molecule has 1 aromatic heterocycles. The summed E-state index contributed by atoms with van der Waals surface area (Å²) in [6.45, 7) is 4.12. The van der Waals surface area contributed by atoms with Gasteiger partial charge in [-0.15, -0.1) is 0 Å². The van der Waals surface area contributed by atoms with Crippen LogP contribution in [0, 0.1) is 6.92 Å². The summed E-state index contributed by atoms with van der Waals surface area (Å²) in [4.78, 5) is 22.9. The number of carbonyl (C=O) groups is 2. The third-order valence-electron chi connectivity index (χ3n) is 3.14. The van der Waals surface area contributed by atoms with Gasteiger partial charge < -0.3 is 10.6 Å². The minimum Gasteiger partial charge on any atom is -0.326 e. The Morgan fingerprint density at radius 2 is 1.50 bits per heavy atom. The molecule has 0 aliphatic heterocycles.